The molecule has 1 aliphatic rings. The van der Waals surface area contributed by atoms with E-state index in [2.05, 4.69) is 0 Å². The molecule has 0 unspecified atom stereocenters. The first-order valence-corrected chi connectivity index (χ1v) is 6.76. The molecule has 0 spiro atoms. The molecule has 0 bridgehead atoms. The van der Waals surface area contributed by atoms with E-state index in [-0.39, 0.29) is 5.91 Å². The van der Waals surface area contributed by atoms with Crippen LogP contribution in [0.15, 0.2) is 48.5 Å². The molecule has 3 heteroatoms. The van der Waals surface area contributed by atoms with E-state index >= 15 is 0 Å². The number of carbonyl (C=O) groups excluding carboxylic acids is 1. The van der Waals surface area contributed by atoms with Crippen LogP contribution in [0.4, 0.5) is 11.4 Å². The summed E-state index contributed by atoms with van der Waals surface area (Å²) in [5.74, 6) is 0.149. The minimum absolute atomic E-state index is 0.149. The molecule has 0 atom stereocenters. The maximum absolute atomic E-state index is 12.7. The summed E-state index contributed by atoms with van der Waals surface area (Å²) in [6, 6.07) is 15.7. The van der Waals surface area contributed by atoms with Gasteiger partial charge in [-0.3, -0.25) is 4.79 Å². The van der Waals surface area contributed by atoms with Crippen LogP contribution in [-0.2, 0) is 16.8 Å². The molecule has 1 heterocycles. The highest BCUT2D eigenvalue weighted by Gasteiger charge is 2.43. The highest BCUT2D eigenvalue weighted by molar-refractivity contribution is 6.07. The van der Waals surface area contributed by atoms with Crippen LogP contribution in [0.2, 0.25) is 0 Å². The fraction of sp³-hybridized carbons (Fsp3) is 0.235. The first-order chi connectivity index (χ1) is 9.50. The van der Waals surface area contributed by atoms with Crippen LogP contribution >= 0.6 is 0 Å². The summed E-state index contributed by atoms with van der Waals surface area (Å²) in [5, 5.41) is 0. The van der Waals surface area contributed by atoms with Gasteiger partial charge in [0.05, 0.1) is 12.0 Å². The topological polar surface area (TPSA) is 46.3 Å². The molecule has 1 aliphatic heterocycles. The monoisotopic (exact) mass is 266 g/mol. The van der Waals surface area contributed by atoms with Crippen molar-refractivity contribution in [3.8, 4) is 0 Å². The SMILES string of the molecule is CC1(C)C(=O)N(Cc2ccc(N)cc2)c2ccccc21. The zero-order chi connectivity index (χ0) is 14.3. The standard InChI is InChI=1S/C17H18N2O/c1-17(2)14-5-3-4-6-15(14)19(16(17)20)11-12-7-9-13(18)10-8-12/h3-10H,11,18H2,1-2H3. The molecule has 1 amide bonds. The van der Waals surface area contributed by atoms with Gasteiger partial charge in [-0.05, 0) is 43.2 Å². The molecule has 0 aromatic heterocycles. The van der Waals surface area contributed by atoms with Gasteiger partial charge < -0.3 is 10.6 Å². The number of benzene rings is 2. The number of hydrogen-bond acceptors (Lipinski definition) is 2. The molecule has 0 fully saturated rings. The average Bonchev–Trinajstić information content (AvgIpc) is 2.63. The normalized spacial score (nSPS) is 16.3. The van der Waals surface area contributed by atoms with Crippen molar-refractivity contribution in [3.63, 3.8) is 0 Å². The van der Waals surface area contributed by atoms with Crippen LogP contribution in [0.1, 0.15) is 25.0 Å². The van der Waals surface area contributed by atoms with Crippen molar-refractivity contribution in [3.05, 3.63) is 59.7 Å². The maximum atomic E-state index is 12.7. The number of nitrogen functional groups attached to an aromatic ring is 1. The summed E-state index contributed by atoms with van der Waals surface area (Å²) in [4.78, 5) is 14.5. The number of anilines is 2. The van der Waals surface area contributed by atoms with Gasteiger partial charge in [0, 0.05) is 11.4 Å². The van der Waals surface area contributed by atoms with Crippen LogP contribution in [0.5, 0.6) is 0 Å². The fourth-order valence-corrected chi connectivity index (χ4v) is 2.76. The Morgan fingerprint density at radius 1 is 1.05 bits per heavy atom. The third kappa shape index (κ3) is 1.86. The molecule has 3 nitrogen and oxygen atoms in total. The summed E-state index contributed by atoms with van der Waals surface area (Å²) in [6.45, 7) is 4.55. The van der Waals surface area contributed by atoms with E-state index in [0.29, 0.717) is 6.54 Å². The van der Waals surface area contributed by atoms with Gasteiger partial charge in [0.2, 0.25) is 5.91 Å². The molecule has 102 valence electrons. The van der Waals surface area contributed by atoms with E-state index in [1.165, 1.54) is 0 Å². The zero-order valence-corrected chi connectivity index (χ0v) is 11.8. The summed E-state index contributed by atoms with van der Waals surface area (Å²) in [6.07, 6.45) is 0. The number of carbonyl (C=O) groups is 1. The molecule has 0 saturated carbocycles. The maximum Gasteiger partial charge on any atom is 0.237 e. The van der Waals surface area contributed by atoms with Gasteiger partial charge in [-0.2, -0.15) is 0 Å². The Morgan fingerprint density at radius 3 is 2.40 bits per heavy atom. The van der Waals surface area contributed by atoms with Gasteiger partial charge in [0.25, 0.3) is 0 Å². The number of fused-ring (bicyclic) bond motifs is 1. The Labute approximate surface area is 119 Å². The number of hydrogen-bond donors (Lipinski definition) is 1. The zero-order valence-electron chi connectivity index (χ0n) is 11.8. The summed E-state index contributed by atoms with van der Waals surface area (Å²) >= 11 is 0. The lowest BCUT2D eigenvalue weighted by Gasteiger charge is -2.20. The van der Waals surface area contributed by atoms with Crippen LogP contribution in [0.3, 0.4) is 0 Å². The van der Waals surface area contributed by atoms with Crippen molar-refractivity contribution >= 4 is 17.3 Å². The molecule has 20 heavy (non-hydrogen) atoms. The molecule has 0 aliphatic carbocycles. The average molecular weight is 266 g/mol. The van der Waals surface area contributed by atoms with E-state index in [9.17, 15) is 4.79 Å². The Balaban J connectivity index is 1.98. The Bertz CT molecular complexity index is 659. The van der Waals surface area contributed by atoms with Crippen LogP contribution < -0.4 is 10.6 Å². The fourth-order valence-electron chi connectivity index (χ4n) is 2.76. The van der Waals surface area contributed by atoms with E-state index < -0.39 is 5.41 Å². The minimum atomic E-state index is -0.454. The molecule has 3 rings (SSSR count). The Kier molecular flexibility index (Phi) is 2.78. The van der Waals surface area contributed by atoms with Crippen molar-refractivity contribution in [2.24, 2.45) is 0 Å². The Morgan fingerprint density at radius 2 is 1.70 bits per heavy atom. The third-order valence-electron chi connectivity index (χ3n) is 3.97. The van der Waals surface area contributed by atoms with Crippen molar-refractivity contribution in [2.45, 2.75) is 25.8 Å². The predicted octanol–water partition coefficient (Wildman–Crippen LogP) is 3.09. The highest BCUT2D eigenvalue weighted by atomic mass is 16.2. The van der Waals surface area contributed by atoms with Gasteiger partial charge in [-0.15, -0.1) is 0 Å². The van der Waals surface area contributed by atoms with E-state index in [0.717, 1.165) is 22.5 Å². The van der Waals surface area contributed by atoms with E-state index in [1.807, 2.05) is 67.3 Å². The number of amides is 1. The van der Waals surface area contributed by atoms with Gasteiger partial charge >= 0.3 is 0 Å². The minimum Gasteiger partial charge on any atom is -0.399 e. The lowest BCUT2D eigenvalue weighted by Crippen LogP contribution is -2.35. The largest absolute Gasteiger partial charge is 0.399 e. The van der Waals surface area contributed by atoms with Crippen molar-refractivity contribution in [2.75, 3.05) is 10.6 Å². The quantitative estimate of drug-likeness (QED) is 0.849. The number of nitrogens with two attached hydrogens (primary N) is 1. The molecule has 2 N–H and O–H groups in total. The van der Waals surface area contributed by atoms with Crippen molar-refractivity contribution < 1.29 is 4.79 Å². The lowest BCUT2D eigenvalue weighted by atomic mass is 9.86. The summed E-state index contributed by atoms with van der Waals surface area (Å²) < 4.78 is 0. The first kappa shape index (κ1) is 12.7. The number of rotatable bonds is 2. The Hall–Kier alpha value is -2.29. The van der Waals surface area contributed by atoms with E-state index in [1.54, 1.807) is 0 Å². The van der Waals surface area contributed by atoms with Crippen LogP contribution in [-0.4, -0.2) is 5.91 Å². The highest BCUT2D eigenvalue weighted by Crippen LogP contribution is 2.41. The van der Waals surface area contributed by atoms with Crippen LogP contribution in [0.25, 0.3) is 0 Å². The number of nitrogens with zero attached hydrogens (tertiary/aromatic N) is 1. The van der Waals surface area contributed by atoms with Gasteiger partial charge in [0.1, 0.15) is 0 Å². The lowest BCUT2D eigenvalue weighted by molar-refractivity contribution is -0.122. The molecular formula is C17H18N2O. The predicted molar refractivity (Wildman–Crippen MR) is 81.5 cm³/mol. The smallest absolute Gasteiger partial charge is 0.237 e. The van der Waals surface area contributed by atoms with Crippen molar-refractivity contribution in [1.82, 2.24) is 0 Å². The van der Waals surface area contributed by atoms with Gasteiger partial charge in [-0.25, -0.2) is 0 Å². The summed E-state index contributed by atoms with van der Waals surface area (Å²) in [5.41, 5.74) is 9.18. The second-order valence-corrected chi connectivity index (χ2v) is 5.78. The van der Waals surface area contributed by atoms with Gasteiger partial charge in [0.15, 0.2) is 0 Å². The van der Waals surface area contributed by atoms with Crippen LogP contribution in [0, 0.1) is 0 Å². The van der Waals surface area contributed by atoms with Gasteiger partial charge in [-0.1, -0.05) is 30.3 Å². The third-order valence-corrected chi connectivity index (χ3v) is 3.97. The molecule has 0 saturated heterocycles. The molecule has 2 aromatic rings. The first-order valence-electron chi connectivity index (χ1n) is 6.76. The molecular weight excluding hydrogens is 248 g/mol. The molecule has 0 radical (unpaired) electrons. The summed E-state index contributed by atoms with van der Waals surface area (Å²) in [7, 11) is 0. The number of para-hydroxylation sites is 1. The second kappa shape index (κ2) is 4.37. The van der Waals surface area contributed by atoms with E-state index in [4.69, 9.17) is 5.73 Å². The molecule has 2 aromatic carbocycles. The second-order valence-electron chi connectivity index (χ2n) is 5.78. The van der Waals surface area contributed by atoms with Crippen molar-refractivity contribution in [1.29, 1.82) is 0 Å².